The van der Waals surface area contributed by atoms with Crippen LogP contribution in [0.3, 0.4) is 0 Å². The highest BCUT2D eigenvalue weighted by Gasteiger charge is 2.21. The van der Waals surface area contributed by atoms with Crippen molar-refractivity contribution in [3.63, 3.8) is 0 Å². The SMILES string of the molecule is CCOC[C@@H](O)Cn1cc([N+](=O)[O-])c(-c2ccncc2)n1. The van der Waals surface area contributed by atoms with Crippen LogP contribution in [-0.4, -0.2) is 44.1 Å². The molecule has 0 bridgehead atoms. The first-order valence-corrected chi connectivity index (χ1v) is 6.50. The number of nitro groups is 1. The third-order valence-corrected chi connectivity index (χ3v) is 2.80. The molecular weight excluding hydrogens is 276 g/mol. The van der Waals surface area contributed by atoms with Crippen molar-refractivity contribution in [2.45, 2.75) is 19.6 Å². The second kappa shape index (κ2) is 6.91. The Balaban J connectivity index is 2.24. The number of hydrogen-bond acceptors (Lipinski definition) is 6. The van der Waals surface area contributed by atoms with Gasteiger partial charge in [-0.15, -0.1) is 0 Å². The Bertz CT molecular complexity index is 599. The maximum atomic E-state index is 11.1. The summed E-state index contributed by atoms with van der Waals surface area (Å²) in [7, 11) is 0. The van der Waals surface area contributed by atoms with E-state index in [1.54, 1.807) is 24.5 Å². The third kappa shape index (κ3) is 3.83. The molecule has 112 valence electrons. The van der Waals surface area contributed by atoms with E-state index < -0.39 is 11.0 Å². The highest BCUT2D eigenvalue weighted by atomic mass is 16.6. The Hall–Kier alpha value is -2.32. The Morgan fingerprint density at radius 1 is 1.48 bits per heavy atom. The van der Waals surface area contributed by atoms with Crippen LogP contribution in [0.2, 0.25) is 0 Å². The Kier molecular flexibility index (Phi) is 4.96. The molecule has 0 amide bonds. The molecule has 0 unspecified atom stereocenters. The van der Waals surface area contributed by atoms with Gasteiger partial charge in [0.15, 0.2) is 5.69 Å². The van der Waals surface area contributed by atoms with Crippen LogP contribution in [0.15, 0.2) is 30.7 Å². The third-order valence-electron chi connectivity index (χ3n) is 2.80. The monoisotopic (exact) mass is 292 g/mol. The Morgan fingerprint density at radius 2 is 2.19 bits per heavy atom. The summed E-state index contributed by atoms with van der Waals surface area (Å²) in [6.45, 7) is 2.62. The smallest absolute Gasteiger partial charge is 0.314 e. The fraction of sp³-hybridized carbons (Fsp3) is 0.385. The lowest BCUT2D eigenvalue weighted by molar-refractivity contribution is -0.384. The molecule has 0 saturated heterocycles. The highest BCUT2D eigenvalue weighted by molar-refractivity contribution is 5.68. The molecule has 21 heavy (non-hydrogen) atoms. The molecular formula is C13H16N4O4. The predicted octanol–water partition coefficient (Wildman–Crippen LogP) is 1.25. The van der Waals surface area contributed by atoms with Crippen molar-refractivity contribution in [2.24, 2.45) is 0 Å². The van der Waals surface area contributed by atoms with Crippen LogP contribution in [0.5, 0.6) is 0 Å². The van der Waals surface area contributed by atoms with Gasteiger partial charge in [-0.2, -0.15) is 5.10 Å². The molecule has 0 aliphatic carbocycles. The zero-order chi connectivity index (χ0) is 15.2. The number of rotatable bonds is 7. The first kappa shape index (κ1) is 15.1. The molecule has 0 radical (unpaired) electrons. The van der Waals surface area contributed by atoms with E-state index in [0.29, 0.717) is 12.2 Å². The Labute approximate surface area is 121 Å². The van der Waals surface area contributed by atoms with Crippen molar-refractivity contribution in [1.29, 1.82) is 0 Å². The van der Waals surface area contributed by atoms with Gasteiger partial charge < -0.3 is 9.84 Å². The van der Waals surface area contributed by atoms with Crippen molar-refractivity contribution in [3.8, 4) is 11.3 Å². The maximum Gasteiger partial charge on any atom is 0.314 e. The quantitative estimate of drug-likeness (QED) is 0.608. The summed E-state index contributed by atoms with van der Waals surface area (Å²) in [5.74, 6) is 0. The second-order valence-electron chi connectivity index (χ2n) is 4.39. The van der Waals surface area contributed by atoms with E-state index >= 15 is 0 Å². The summed E-state index contributed by atoms with van der Waals surface area (Å²) in [4.78, 5) is 14.5. The first-order valence-electron chi connectivity index (χ1n) is 6.50. The van der Waals surface area contributed by atoms with Gasteiger partial charge in [0, 0.05) is 24.6 Å². The van der Waals surface area contributed by atoms with Crippen LogP contribution in [0, 0.1) is 10.1 Å². The molecule has 0 aromatic carbocycles. The van der Waals surface area contributed by atoms with Crippen molar-refractivity contribution < 1.29 is 14.8 Å². The van der Waals surface area contributed by atoms with E-state index in [1.807, 2.05) is 6.92 Å². The minimum Gasteiger partial charge on any atom is -0.389 e. The fourth-order valence-electron chi connectivity index (χ4n) is 1.88. The first-order chi connectivity index (χ1) is 10.1. The molecule has 0 fully saturated rings. The minimum absolute atomic E-state index is 0.107. The van der Waals surface area contributed by atoms with Gasteiger partial charge >= 0.3 is 5.69 Å². The van der Waals surface area contributed by atoms with Crippen LogP contribution in [-0.2, 0) is 11.3 Å². The molecule has 0 aliphatic heterocycles. The lowest BCUT2D eigenvalue weighted by Crippen LogP contribution is -2.22. The molecule has 8 heteroatoms. The van der Waals surface area contributed by atoms with Crippen molar-refractivity contribution >= 4 is 5.69 Å². The van der Waals surface area contributed by atoms with Crippen LogP contribution in [0.4, 0.5) is 5.69 Å². The van der Waals surface area contributed by atoms with Gasteiger partial charge in [0.05, 0.1) is 24.2 Å². The molecule has 1 atom stereocenters. The standard InChI is InChI=1S/C13H16N4O4/c1-2-21-9-11(18)7-16-8-12(17(19)20)13(15-16)10-3-5-14-6-4-10/h3-6,8,11,18H,2,7,9H2,1H3/t11-/m0/s1. The molecule has 0 saturated carbocycles. The van der Waals surface area contributed by atoms with Crippen molar-refractivity contribution in [3.05, 3.63) is 40.8 Å². The summed E-state index contributed by atoms with van der Waals surface area (Å²) in [5.41, 5.74) is 0.755. The van der Waals surface area contributed by atoms with Gasteiger partial charge in [0.25, 0.3) is 0 Å². The predicted molar refractivity (Wildman–Crippen MR) is 74.6 cm³/mol. The summed E-state index contributed by atoms with van der Waals surface area (Å²) < 4.78 is 6.46. The number of hydrogen-bond donors (Lipinski definition) is 1. The zero-order valence-corrected chi connectivity index (χ0v) is 11.5. The molecule has 2 aromatic rings. The lowest BCUT2D eigenvalue weighted by atomic mass is 10.2. The summed E-state index contributed by atoms with van der Waals surface area (Å²) in [6, 6.07) is 3.30. The van der Waals surface area contributed by atoms with Crippen LogP contribution < -0.4 is 0 Å². The van der Waals surface area contributed by atoms with Gasteiger partial charge in [-0.05, 0) is 19.1 Å². The van der Waals surface area contributed by atoms with E-state index in [1.165, 1.54) is 10.9 Å². The number of aliphatic hydroxyl groups is 1. The number of ether oxygens (including phenoxy) is 1. The maximum absolute atomic E-state index is 11.1. The molecule has 0 aliphatic rings. The zero-order valence-electron chi connectivity index (χ0n) is 11.5. The van der Waals surface area contributed by atoms with E-state index in [0.717, 1.165) is 0 Å². The average Bonchev–Trinajstić information content (AvgIpc) is 2.90. The van der Waals surface area contributed by atoms with Crippen LogP contribution in [0.25, 0.3) is 11.3 Å². The molecule has 2 heterocycles. The molecule has 1 N–H and O–H groups in total. The summed E-state index contributed by atoms with van der Waals surface area (Å²) >= 11 is 0. The van der Waals surface area contributed by atoms with E-state index in [9.17, 15) is 15.2 Å². The minimum atomic E-state index is -0.769. The largest absolute Gasteiger partial charge is 0.389 e. The molecule has 0 spiro atoms. The second-order valence-corrected chi connectivity index (χ2v) is 4.39. The van der Waals surface area contributed by atoms with Gasteiger partial charge in [0.1, 0.15) is 6.20 Å². The normalized spacial score (nSPS) is 12.3. The van der Waals surface area contributed by atoms with Crippen LogP contribution in [0.1, 0.15) is 6.92 Å². The van der Waals surface area contributed by atoms with Crippen molar-refractivity contribution in [2.75, 3.05) is 13.2 Å². The molecule has 8 nitrogen and oxygen atoms in total. The summed E-state index contributed by atoms with van der Waals surface area (Å²) in [5, 5.41) is 25.1. The van der Waals surface area contributed by atoms with E-state index in [-0.39, 0.29) is 24.5 Å². The average molecular weight is 292 g/mol. The van der Waals surface area contributed by atoms with Gasteiger partial charge in [-0.25, -0.2) is 0 Å². The number of nitrogens with zero attached hydrogens (tertiary/aromatic N) is 4. The number of aliphatic hydroxyl groups excluding tert-OH is 1. The fourth-order valence-corrected chi connectivity index (χ4v) is 1.88. The number of aromatic nitrogens is 3. The van der Waals surface area contributed by atoms with E-state index in [2.05, 4.69) is 10.1 Å². The van der Waals surface area contributed by atoms with Crippen molar-refractivity contribution in [1.82, 2.24) is 14.8 Å². The van der Waals surface area contributed by atoms with E-state index in [4.69, 9.17) is 4.74 Å². The molecule has 2 rings (SSSR count). The van der Waals surface area contributed by atoms with Gasteiger partial charge in [-0.3, -0.25) is 19.8 Å². The highest BCUT2D eigenvalue weighted by Crippen LogP contribution is 2.27. The summed E-state index contributed by atoms with van der Waals surface area (Å²) in [6.07, 6.45) is 3.63. The van der Waals surface area contributed by atoms with Crippen LogP contribution >= 0.6 is 0 Å². The lowest BCUT2D eigenvalue weighted by Gasteiger charge is -2.09. The van der Waals surface area contributed by atoms with Gasteiger partial charge in [-0.1, -0.05) is 0 Å². The Morgan fingerprint density at radius 3 is 2.81 bits per heavy atom. The molecule has 2 aromatic heterocycles. The topological polar surface area (TPSA) is 103 Å². The van der Waals surface area contributed by atoms with Gasteiger partial charge in [0.2, 0.25) is 0 Å². The number of pyridine rings is 1.